The van der Waals surface area contributed by atoms with Crippen molar-refractivity contribution in [3.63, 3.8) is 0 Å². The quantitative estimate of drug-likeness (QED) is 0.639. The minimum absolute atomic E-state index is 0.0785. The number of benzene rings is 1. The van der Waals surface area contributed by atoms with Gasteiger partial charge in [0.15, 0.2) is 0 Å². The van der Waals surface area contributed by atoms with E-state index in [4.69, 9.17) is 0 Å². The van der Waals surface area contributed by atoms with E-state index >= 15 is 0 Å². The van der Waals surface area contributed by atoms with Crippen LogP contribution >= 0.6 is 0 Å². The first-order valence-electron chi connectivity index (χ1n) is 10.8. The van der Waals surface area contributed by atoms with Gasteiger partial charge in [-0.2, -0.15) is 10.5 Å². The van der Waals surface area contributed by atoms with Gasteiger partial charge in [0.2, 0.25) is 0 Å². The second-order valence-corrected chi connectivity index (χ2v) is 8.50. The Morgan fingerprint density at radius 2 is 1.81 bits per heavy atom. The van der Waals surface area contributed by atoms with Crippen molar-refractivity contribution in [1.82, 2.24) is 14.5 Å². The Bertz CT molecular complexity index is 1310. The van der Waals surface area contributed by atoms with Crippen LogP contribution in [0.3, 0.4) is 0 Å². The summed E-state index contributed by atoms with van der Waals surface area (Å²) in [5.41, 5.74) is 4.19. The summed E-state index contributed by atoms with van der Waals surface area (Å²) in [6.45, 7) is 8.58. The monoisotopic (exact) mass is 426 g/mol. The van der Waals surface area contributed by atoms with E-state index in [1.54, 1.807) is 19.2 Å². The second-order valence-electron chi connectivity index (χ2n) is 8.50. The van der Waals surface area contributed by atoms with Crippen LogP contribution in [0, 0.1) is 29.6 Å². The maximum atomic E-state index is 12.9. The van der Waals surface area contributed by atoms with Crippen molar-refractivity contribution >= 4 is 16.7 Å². The van der Waals surface area contributed by atoms with E-state index in [1.807, 2.05) is 0 Å². The number of aryl methyl sites for hydroxylation is 2. The molecule has 0 aliphatic carbocycles. The Morgan fingerprint density at radius 3 is 2.44 bits per heavy atom. The lowest BCUT2D eigenvalue weighted by molar-refractivity contribution is 0.138. The van der Waals surface area contributed by atoms with Gasteiger partial charge in [0.25, 0.3) is 5.56 Å². The Hall–Kier alpha value is -3.68. The Kier molecular flexibility index (Phi) is 5.69. The van der Waals surface area contributed by atoms with Crippen LogP contribution in [0.5, 0.6) is 0 Å². The van der Waals surface area contributed by atoms with Crippen molar-refractivity contribution in [2.45, 2.75) is 32.9 Å². The van der Waals surface area contributed by atoms with Crippen molar-refractivity contribution < 1.29 is 0 Å². The van der Waals surface area contributed by atoms with Crippen LogP contribution in [0.25, 0.3) is 11.0 Å². The molecule has 1 aliphatic rings. The van der Waals surface area contributed by atoms with Gasteiger partial charge >= 0.3 is 0 Å². The molecule has 2 atom stereocenters. The molecule has 32 heavy (non-hydrogen) atoms. The zero-order valence-electron chi connectivity index (χ0n) is 18.8. The number of nitrogens with zero attached hydrogens (tertiary/aromatic N) is 6. The Labute approximate surface area is 187 Å². The van der Waals surface area contributed by atoms with Crippen LogP contribution in [0.1, 0.15) is 42.3 Å². The molecule has 3 heterocycles. The highest BCUT2D eigenvalue weighted by atomic mass is 16.1. The fraction of sp³-hybridized carbons (Fsp3) is 0.360. The van der Waals surface area contributed by atoms with Crippen LogP contribution in [-0.4, -0.2) is 40.1 Å². The zero-order chi connectivity index (χ0) is 23.0. The number of rotatable bonds is 3. The highest BCUT2D eigenvalue weighted by molar-refractivity contribution is 5.92. The third kappa shape index (κ3) is 3.62. The van der Waals surface area contributed by atoms with Crippen LogP contribution in [0.2, 0.25) is 0 Å². The van der Waals surface area contributed by atoms with Crippen molar-refractivity contribution in [2.75, 3.05) is 24.5 Å². The van der Waals surface area contributed by atoms with Crippen LogP contribution in [0.4, 0.5) is 5.69 Å². The van der Waals surface area contributed by atoms with E-state index in [-0.39, 0.29) is 28.9 Å². The van der Waals surface area contributed by atoms with Gasteiger partial charge < -0.3 is 9.47 Å². The summed E-state index contributed by atoms with van der Waals surface area (Å²) in [6.07, 6.45) is 0. The molecule has 0 N–H and O–H groups in total. The minimum atomic E-state index is -0.343. The van der Waals surface area contributed by atoms with Crippen LogP contribution in [0.15, 0.2) is 41.2 Å². The van der Waals surface area contributed by atoms with Gasteiger partial charge in [0, 0.05) is 38.8 Å². The first-order valence-corrected chi connectivity index (χ1v) is 10.8. The topological polar surface area (TPSA) is 89.0 Å². The predicted molar refractivity (Wildman–Crippen MR) is 124 cm³/mol. The standard InChI is InChI=1S/C25H26N6O/c1-16-5-7-19(8-6-16)18(3)31-12-11-30(15-17(31)2)24-21(14-27)25(32)29(4)22-10-9-20(13-26)28-23(22)24/h5-10,17-18H,11-12,15H2,1-4H3/t17-,18?/m1/s1. The van der Waals surface area contributed by atoms with Gasteiger partial charge in [-0.25, -0.2) is 4.98 Å². The minimum Gasteiger partial charge on any atom is -0.366 e. The second kappa shape index (κ2) is 8.45. The zero-order valence-corrected chi connectivity index (χ0v) is 18.8. The van der Waals surface area contributed by atoms with E-state index in [1.165, 1.54) is 15.7 Å². The third-order valence-corrected chi connectivity index (χ3v) is 6.49. The first kappa shape index (κ1) is 21.5. The average molecular weight is 427 g/mol. The molecule has 1 aromatic carbocycles. The van der Waals surface area contributed by atoms with E-state index in [2.05, 4.69) is 72.0 Å². The number of nitriles is 2. The van der Waals surface area contributed by atoms with Crippen molar-refractivity contribution in [3.05, 3.63) is 69.1 Å². The number of piperazine rings is 1. The lowest BCUT2D eigenvalue weighted by Gasteiger charge is -2.44. The number of fused-ring (bicyclic) bond motifs is 1. The summed E-state index contributed by atoms with van der Waals surface area (Å²) in [6, 6.07) is 16.6. The molecular weight excluding hydrogens is 400 g/mol. The molecule has 162 valence electrons. The summed E-state index contributed by atoms with van der Waals surface area (Å²) in [7, 11) is 1.63. The molecule has 4 rings (SSSR count). The molecule has 0 saturated carbocycles. The molecule has 0 bridgehead atoms. The third-order valence-electron chi connectivity index (χ3n) is 6.49. The van der Waals surface area contributed by atoms with Gasteiger partial charge in [-0.15, -0.1) is 0 Å². The Balaban J connectivity index is 1.73. The molecule has 7 nitrogen and oxygen atoms in total. The van der Waals surface area contributed by atoms with Crippen molar-refractivity contribution in [1.29, 1.82) is 10.5 Å². The normalized spacial score (nSPS) is 17.7. The lowest BCUT2D eigenvalue weighted by atomic mass is 10.0. The molecule has 1 fully saturated rings. The molecule has 0 spiro atoms. The fourth-order valence-corrected chi connectivity index (χ4v) is 4.65. The smallest absolute Gasteiger partial charge is 0.270 e. The number of hydrogen-bond donors (Lipinski definition) is 0. The summed E-state index contributed by atoms with van der Waals surface area (Å²) >= 11 is 0. The summed E-state index contributed by atoms with van der Waals surface area (Å²) in [4.78, 5) is 21.9. The van der Waals surface area contributed by atoms with Crippen molar-refractivity contribution in [3.8, 4) is 12.1 Å². The van der Waals surface area contributed by atoms with E-state index in [0.717, 1.165) is 6.54 Å². The maximum absolute atomic E-state index is 12.9. The van der Waals surface area contributed by atoms with Crippen molar-refractivity contribution in [2.24, 2.45) is 7.05 Å². The highest BCUT2D eigenvalue weighted by Crippen LogP contribution is 2.32. The number of hydrogen-bond acceptors (Lipinski definition) is 6. The summed E-state index contributed by atoms with van der Waals surface area (Å²) in [5, 5.41) is 19.2. The number of aromatic nitrogens is 2. The highest BCUT2D eigenvalue weighted by Gasteiger charge is 2.31. The summed E-state index contributed by atoms with van der Waals surface area (Å²) in [5.74, 6) is 0. The molecule has 1 saturated heterocycles. The largest absolute Gasteiger partial charge is 0.366 e. The molecule has 0 amide bonds. The van der Waals surface area contributed by atoms with E-state index < -0.39 is 0 Å². The average Bonchev–Trinajstić information content (AvgIpc) is 2.80. The Morgan fingerprint density at radius 1 is 1.09 bits per heavy atom. The van der Waals surface area contributed by atoms with Gasteiger partial charge in [-0.1, -0.05) is 29.8 Å². The first-order chi connectivity index (χ1) is 15.3. The van der Waals surface area contributed by atoms with E-state index in [0.29, 0.717) is 29.8 Å². The molecule has 1 aliphatic heterocycles. The molecule has 3 aromatic rings. The molecule has 1 unspecified atom stereocenters. The predicted octanol–water partition coefficient (Wildman–Crippen LogP) is 3.26. The van der Waals surface area contributed by atoms with Gasteiger partial charge in [0.05, 0.1) is 11.2 Å². The molecule has 0 radical (unpaired) electrons. The van der Waals surface area contributed by atoms with E-state index in [9.17, 15) is 15.3 Å². The molecule has 2 aromatic heterocycles. The SMILES string of the molecule is Cc1ccc(C(C)N2CCN(c3c(C#N)c(=O)n(C)c4ccc(C#N)nc34)C[C@H]2C)cc1. The molecule has 7 heteroatoms. The van der Waals surface area contributed by atoms with Gasteiger partial charge in [0.1, 0.15) is 28.9 Å². The van der Waals surface area contributed by atoms with Crippen LogP contribution in [-0.2, 0) is 7.05 Å². The van der Waals surface area contributed by atoms with Gasteiger partial charge in [-0.3, -0.25) is 9.69 Å². The van der Waals surface area contributed by atoms with Crippen LogP contribution < -0.4 is 10.5 Å². The summed E-state index contributed by atoms with van der Waals surface area (Å²) < 4.78 is 1.44. The number of anilines is 1. The number of pyridine rings is 2. The van der Waals surface area contributed by atoms with Gasteiger partial charge in [-0.05, 0) is 38.5 Å². The fourth-order valence-electron chi connectivity index (χ4n) is 4.65. The molecular formula is C25H26N6O. The lowest BCUT2D eigenvalue weighted by Crippen LogP contribution is -2.53. The maximum Gasteiger partial charge on any atom is 0.270 e.